The van der Waals surface area contributed by atoms with Crippen LogP contribution in [0.15, 0.2) is 0 Å². The molecule has 0 aliphatic heterocycles. The maximum Gasteiger partial charge on any atom is 0.321 e. The molecule has 2 aliphatic rings. The molecule has 0 aromatic rings. The molecular weight excluding hydrogens is 166 g/mol. The Bertz CT molecular complexity index is 209. The van der Waals surface area contributed by atoms with E-state index in [4.69, 9.17) is 5.11 Å². The lowest BCUT2D eigenvalue weighted by atomic mass is 10.1. The van der Waals surface area contributed by atoms with Gasteiger partial charge in [0.2, 0.25) is 0 Å². The van der Waals surface area contributed by atoms with Crippen LogP contribution < -0.4 is 0 Å². The Balaban J connectivity index is 2.02. The van der Waals surface area contributed by atoms with Crippen molar-refractivity contribution in [3.63, 3.8) is 0 Å². The van der Waals surface area contributed by atoms with E-state index in [1.54, 1.807) is 0 Å². The quantitative estimate of drug-likeness (QED) is 0.699. The lowest BCUT2D eigenvalue weighted by molar-refractivity contribution is -0.144. The summed E-state index contributed by atoms with van der Waals surface area (Å²) in [7, 11) is 0. The highest BCUT2D eigenvalue weighted by atomic mass is 16.4. The topological polar surface area (TPSA) is 40.5 Å². The Hall–Kier alpha value is -0.570. The molecule has 2 saturated carbocycles. The maximum absolute atomic E-state index is 11.1. The van der Waals surface area contributed by atoms with Gasteiger partial charge in [0.1, 0.15) is 6.04 Å². The molecule has 2 rings (SSSR count). The minimum Gasteiger partial charge on any atom is -0.480 e. The van der Waals surface area contributed by atoms with E-state index in [9.17, 15) is 4.79 Å². The van der Waals surface area contributed by atoms with Crippen LogP contribution in [0.3, 0.4) is 0 Å². The summed E-state index contributed by atoms with van der Waals surface area (Å²) in [5.74, 6) is -0.172. The van der Waals surface area contributed by atoms with Crippen molar-refractivity contribution in [2.75, 3.05) is 6.54 Å². The van der Waals surface area contributed by atoms with Crippen LogP contribution in [-0.2, 0) is 4.79 Å². The van der Waals surface area contributed by atoms with Crippen LogP contribution in [0.5, 0.6) is 0 Å². The van der Waals surface area contributed by atoms with Gasteiger partial charge in [0.25, 0.3) is 0 Å². The average molecular weight is 183 g/mol. The SMILES string of the molecule is CCN(C1CC1)C(C(=O)O)C1CC1. The molecule has 3 heteroatoms. The fourth-order valence-electron chi connectivity index (χ4n) is 2.11. The van der Waals surface area contributed by atoms with Gasteiger partial charge in [-0.05, 0) is 38.1 Å². The van der Waals surface area contributed by atoms with Gasteiger partial charge in [-0.25, -0.2) is 0 Å². The van der Waals surface area contributed by atoms with Crippen molar-refractivity contribution < 1.29 is 9.90 Å². The van der Waals surface area contributed by atoms with Crippen molar-refractivity contribution >= 4 is 5.97 Å². The minimum atomic E-state index is -0.615. The van der Waals surface area contributed by atoms with Crippen molar-refractivity contribution in [1.82, 2.24) is 4.90 Å². The lowest BCUT2D eigenvalue weighted by Crippen LogP contribution is -2.44. The van der Waals surface area contributed by atoms with Gasteiger partial charge in [-0.3, -0.25) is 9.69 Å². The van der Waals surface area contributed by atoms with Crippen LogP contribution in [0.4, 0.5) is 0 Å². The molecular formula is C10H17NO2. The van der Waals surface area contributed by atoms with Gasteiger partial charge < -0.3 is 5.11 Å². The van der Waals surface area contributed by atoms with Crippen LogP contribution in [0, 0.1) is 5.92 Å². The second kappa shape index (κ2) is 3.29. The molecule has 0 radical (unpaired) electrons. The van der Waals surface area contributed by atoms with Gasteiger partial charge in [0.05, 0.1) is 0 Å². The molecule has 1 unspecified atom stereocenters. The van der Waals surface area contributed by atoms with E-state index in [1.807, 2.05) is 0 Å². The molecule has 2 fully saturated rings. The normalized spacial score (nSPS) is 24.8. The number of carbonyl (C=O) groups is 1. The summed E-state index contributed by atoms with van der Waals surface area (Å²) >= 11 is 0. The van der Waals surface area contributed by atoms with Gasteiger partial charge in [-0.15, -0.1) is 0 Å². The molecule has 0 bridgehead atoms. The molecule has 1 atom stereocenters. The molecule has 0 amide bonds. The summed E-state index contributed by atoms with van der Waals surface area (Å²) in [5.41, 5.74) is 0. The Kier molecular flexibility index (Phi) is 2.28. The number of likely N-dealkylation sites (N-methyl/N-ethyl adjacent to an activating group) is 1. The highest BCUT2D eigenvalue weighted by Crippen LogP contribution is 2.39. The Morgan fingerprint density at radius 3 is 2.38 bits per heavy atom. The van der Waals surface area contributed by atoms with Gasteiger partial charge in [-0.2, -0.15) is 0 Å². The molecule has 3 nitrogen and oxygen atoms in total. The highest BCUT2D eigenvalue weighted by Gasteiger charge is 2.44. The van der Waals surface area contributed by atoms with Crippen molar-refractivity contribution in [3.8, 4) is 0 Å². The van der Waals surface area contributed by atoms with E-state index < -0.39 is 5.97 Å². The fourth-order valence-corrected chi connectivity index (χ4v) is 2.11. The van der Waals surface area contributed by atoms with E-state index in [-0.39, 0.29) is 6.04 Å². The number of hydrogen-bond acceptors (Lipinski definition) is 2. The Morgan fingerprint density at radius 1 is 1.46 bits per heavy atom. The zero-order valence-electron chi connectivity index (χ0n) is 8.07. The summed E-state index contributed by atoms with van der Waals surface area (Å²) in [4.78, 5) is 13.3. The first-order chi connectivity index (χ1) is 6.24. The van der Waals surface area contributed by atoms with Gasteiger partial charge in [0.15, 0.2) is 0 Å². The summed E-state index contributed by atoms with van der Waals surface area (Å²) in [6.07, 6.45) is 4.62. The maximum atomic E-state index is 11.1. The van der Waals surface area contributed by atoms with Crippen molar-refractivity contribution in [2.24, 2.45) is 5.92 Å². The Morgan fingerprint density at radius 2 is 2.08 bits per heavy atom. The number of aliphatic carboxylic acids is 1. The van der Waals surface area contributed by atoms with Crippen LogP contribution in [0.1, 0.15) is 32.6 Å². The molecule has 2 aliphatic carbocycles. The third kappa shape index (κ3) is 1.85. The zero-order valence-corrected chi connectivity index (χ0v) is 8.07. The first-order valence-corrected chi connectivity index (χ1v) is 5.22. The van der Waals surface area contributed by atoms with Crippen LogP contribution in [0.2, 0.25) is 0 Å². The monoisotopic (exact) mass is 183 g/mol. The van der Waals surface area contributed by atoms with E-state index in [2.05, 4.69) is 11.8 Å². The van der Waals surface area contributed by atoms with Gasteiger partial charge >= 0.3 is 5.97 Å². The second-order valence-electron chi connectivity index (χ2n) is 4.18. The second-order valence-corrected chi connectivity index (χ2v) is 4.18. The van der Waals surface area contributed by atoms with Crippen LogP contribution in [0.25, 0.3) is 0 Å². The summed E-state index contributed by atoms with van der Waals surface area (Å²) in [6.45, 7) is 2.95. The molecule has 0 saturated heterocycles. The van der Waals surface area contributed by atoms with Gasteiger partial charge in [0, 0.05) is 6.04 Å². The molecule has 0 spiro atoms. The molecule has 0 aromatic heterocycles. The molecule has 1 N–H and O–H groups in total. The summed E-state index contributed by atoms with van der Waals surface area (Å²) in [6, 6.07) is 0.393. The minimum absolute atomic E-state index is 0.183. The fraction of sp³-hybridized carbons (Fsp3) is 0.900. The van der Waals surface area contributed by atoms with Crippen LogP contribution in [-0.4, -0.2) is 34.6 Å². The molecule has 13 heavy (non-hydrogen) atoms. The van der Waals surface area contributed by atoms with Crippen molar-refractivity contribution in [2.45, 2.75) is 44.7 Å². The predicted molar refractivity (Wildman–Crippen MR) is 49.5 cm³/mol. The number of carboxylic acids is 1. The predicted octanol–water partition coefficient (Wildman–Crippen LogP) is 1.33. The summed E-state index contributed by atoms with van der Waals surface area (Å²) < 4.78 is 0. The number of carboxylic acid groups (broad SMARTS) is 1. The van der Waals surface area contributed by atoms with Crippen molar-refractivity contribution in [1.29, 1.82) is 0 Å². The smallest absolute Gasteiger partial charge is 0.321 e. The number of hydrogen-bond donors (Lipinski definition) is 1. The number of rotatable bonds is 5. The standard InChI is InChI=1S/C10H17NO2/c1-2-11(8-5-6-8)9(10(12)13)7-3-4-7/h7-9H,2-6H2,1H3,(H,12,13). The molecule has 0 aromatic carbocycles. The van der Waals surface area contributed by atoms with Gasteiger partial charge in [-0.1, -0.05) is 6.92 Å². The lowest BCUT2D eigenvalue weighted by Gasteiger charge is -2.27. The third-order valence-corrected chi connectivity index (χ3v) is 3.06. The average Bonchev–Trinajstić information content (AvgIpc) is 2.88. The van der Waals surface area contributed by atoms with Crippen molar-refractivity contribution in [3.05, 3.63) is 0 Å². The Labute approximate surface area is 78.7 Å². The largest absolute Gasteiger partial charge is 0.480 e. The first-order valence-electron chi connectivity index (χ1n) is 5.22. The highest BCUT2D eigenvalue weighted by molar-refractivity contribution is 5.74. The number of nitrogens with zero attached hydrogens (tertiary/aromatic N) is 1. The van der Waals surface area contributed by atoms with E-state index >= 15 is 0 Å². The van der Waals surface area contributed by atoms with E-state index in [1.165, 1.54) is 12.8 Å². The van der Waals surface area contributed by atoms with E-state index in [0.717, 1.165) is 19.4 Å². The molecule has 74 valence electrons. The summed E-state index contributed by atoms with van der Waals surface area (Å²) in [5, 5.41) is 9.12. The first kappa shape index (κ1) is 9.00. The molecule has 0 heterocycles. The zero-order chi connectivity index (χ0) is 9.42. The third-order valence-electron chi connectivity index (χ3n) is 3.06. The van der Waals surface area contributed by atoms with E-state index in [0.29, 0.717) is 12.0 Å². The van der Waals surface area contributed by atoms with Crippen LogP contribution >= 0.6 is 0 Å².